The topological polar surface area (TPSA) is 29.3 Å². The summed E-state index contributed by atoms with van der Waals surface area (Å²) in [6.07, 6.45) is 11.2. The molecule has 19 heavy (non-hydrogen) atoms. The van der Waals surface area contributed by atoms with Crippen molar-refractivity contribution in [3.8, 4) is 0 Å². The molecular weight excluding hydrogens is 232 g/mol. The zero-order valence-corrected chi connectivity index (χ0v) is 13.3. The van der Waals surface area contributed by atoms with Crippen LogP contribution in [0.15, 0.2) is 0 Å². The highest BCUT2D eigenvalue weighted by atomic mass is 15.2. The van der Waals surface area contributed by atoms with Gasteiger partial charge in [0.1, 0.15) is 0 Å². The van der Waals surface area contributed by atoms with Gasteiger partial charge in [-0.1, -0.05) is 39.5 Å². The molecule has 0 aromatic rings. The fourth-order valence-electron chi connectivity index (χ4n) is 4.42. The summed E-state index contributed by atoms with van der Waals surface area (Å²) in [5.74, 6) is 2.63. The molecule has 0 aliphatic heterocycles. The second-order valence-corrected chi connectivity index (χ2v) is 7.56. The van der Waals surface area contributed by atoms with E-state index in [1.165, 1.54) is 57.9 Å². The summed E-state index contributed by atoms with van der Waals surface area (Å²) in [6, 6.07) is 0. The van der Waals surface area contributed by atoms with E-state index >= 15 is 0 Å². The molecule has 2 nitrogen and oxygen atoms in total. The monoisotopic (exact) mass is 266 g/mol. The van der Waals surface area contributed by atoms with Crippen molar-refractivity contribution in [2.45, 2.75) is 70.8 Å². The minimum absolute atomic E-state index is 0.301. The highest BCUT2D eigenvalue weighted by molar-refractivity contribution is 4.96. The average molecular weight is 266 g/mol. The molecule has 2 rings (SSSR count). The van der Waals surface area contributed by atoms with Crippen molar-refractivity contribution >= 4 is 0 Å². The summed E-state index contributed by atoms with van der Waals surface area (Å²) in [6.45, 7) is 6.89. The zero-order valence-electron chi connectivity index (χ0n) is 13.3. The second kappa shape index (κ2) is 6.58. The van der Waals surface area contributed by atoms with Crippen LogP contribution in [0.5, 0.6) is 0 Å². The van der Waals surface area contributed by atoms with E-state index in [9.17, 15) is 0 Å². The van der Waals surface area contributed by atoms with E-state index in [4.69, 9.17) is 5.73 Å². The van der Waals surface area contributed by atoms with Crippen LogP contribution >= 0.6 is 0 Å². The van der Waals surface area contributed by atoms with Gasteiger partial charge in [-0.2, -0.15) is 0 Å². The Balaban J connectivity index is 1.98. The molecular formula is C17H34N2. The third kappa shape index (κ3) is 3.52. The largest absolute Gasteiger partial charge is 0.329 e. The lowest BCUT2D eigenvalue weighted by molar-refractivity contribution is 0.0349. The van der Waals surface area contributed by atoms with Crippen LogP contribution in [0.3, 0.4) is 0 Å². The van der Waals surface area contributed by atoms with Crippen LogP contribution in [-0.2, 0) is 0 Å². The normalized spacial score (nSPS) is 33.5. The summed E-state index contributed by atoms with van der Waals surface area (Å²) >= 11 is 0. The van der Waals surface area contributed by atoms with Crippen molar-refractivity contribution in [3.05, 3.63) is 0 Å². The summed E-state index contributed by atoms with van der Waals surface area (Å²) in [4.78, 5) is 2.65. The maximum absolute atomic E-state index is 6.23. The molecule has 2 heteroatoms. The molecule has 2 aliphatic rings. The second-order valence-electron chi connectivity index (χ2n) is 7.56. The Labute approximate surface area is 120 Å². The van der Waals surface area contributed by atoms with Gasteiger partial charge in [0.25, 0.3) is 0 Å². The molecule has 0 radical (unpaired) electrons. The van der Waals surface area contributed by atoms with Gasteiger partial charge in [-0.3, -0.25) is 4.90 Å². The molecule has 0 amide bonds. The Kier molecular flexibility index (Phi) is 5.30. The SMILES string of the molecule is CC(C)C1CCCC(CN)(N(C)CC2CCCC2)C1. The first-order valence-electron chi connectivity index (χ1n) is 8.49. The molecule has 0 spiro atoms. The quantitative estimate of drug-likeness (QED) is 0.823. The number of nitrogens with two attached hydrogens (primary N) is 1. The van der Waals surface area contributed by atoms with Crippen LogP contribution in [0.25, 0.3) is 0 Å². The molecule has 2 saturated carbocycles. The van der Waals surface area contributed by atoms with Crippen molar-refractivity contribution in [1.82, 2.24) is 4.90 Å². The van der Waals surface area contributed by atoms with Gasteiger partial charge in [-0.15, -0.1) is 0 Å². The van der Waals surface area contributed by atoms with Crippen molar-refractivity contribution in [2.24, 2.45) is 23.5 Å². The minimum atomic E-state index is 0.301. The molecule has 0 saturated heterocycles. The zero-order chi connectivity index (χ0) is 13.9. The lowest BCUT2D eigenvalue weighted by atomic mass is 9.71. The van der Waals surface area contributed by atoms with Gasteiger partial charge in [-0.05, 0) is 50.5 Å². The molecule has 2 fully saturated rings. The summed E-state index contributed by atoms with van der Waals surface area (Å²) < 4.78 is 0. The molecule has 0 aromatic heterocycles. The Hall–Kier alpha value is -0.0800. The van der Waals surface area contributed by atoms with Gasteiger partial charge in [0.15, 0.2) is 0 Å². The lowest BCUT2D eigenvalue weighted by Crippen LogP contribution is -2.56. The van der Waals surface area contributed by atoms with Crippen LogP contribution < -0.4 is 5.73 Å². The Bertz CT molecular complexity index is 270. The van der Waals surface area contributed by atoms with Gasteiger partial charge in [-0.25, -0.2) is 0 Å². The van der Waals surface area contributed by atoms with Gasteiger partial charge in [0, 0.05) is 18.6 Å². The first-order chi connectivity index (χ1) is 9.07. The first-order valence-corrected chi connectivity index (χ1v) is 8.49. The number of likely N-dealkylation sites (N-methyl/N-ethyl adjacent to an activating group) is 1. The Morgan fingerprint density at radius 3 is 2.42 bits per heavy atom. The molecule has 2 atom stereocenters. The highest BCUT2D eigenvalue weighted by Gasteiger charge is 2.40. The van der Waals surface area contributed by atoms with Crippen molar-refractivity contribution in [2.75, 3.05) is 20.1 Å². The molecule has 2 aliphatic carbocycles. The molecule has 2 unspecified atom stereocenters. The summed E-state index contributed by atoms with van der Waals surface area (Å²) in [7, 11) is 2.34. The number of rotatable bonds is 5. The van der Waals surface area contributed by atoms with E-state index in [1.807, 2.05) is 0 Å². The van der Waals surface area contributed by atoms with E-state index in [0.29, 0.717) is 5.54 Å². The molecule has 0 aromatic carbocycles. The number of hydrogen-bond acceptors (Lipinski definition) is 2. The number of hydrogen-bond donors (Lipinski definition) is 1. The fraction of sp³-hybridized carbons (Fsp3) is 1.00. The summed E-state index contributed by atoms with van der Waals surface area (Å²) in [5, 5.41) is 0. The van der Waals surface area contributed by atoms with Crippen molar-refractivity contribution < 1.29 is 0 Å². The molecule has 0 bridgehead atoms. The van der Waals surface area contributed by atoms with E-state index in [0.717, 1.165) is 24.3 Å². The highest BCUT2D eigenvalue weighted by Crippen LogP contribution is 2.40. The van der Waals surface area contributed by atoms with Crippen LogP contribution in [0, 0.1) is 17.8 Å². The van der Waals surface area contributed by atoms with E-state index < -0.39 is 0 Å². The maximum atomic E-state index is 6.23. The van der Waals surface area contributed by atoms with Crippen LogP contribution in [0.2, 0.25) is 0 Å². The van der Waals surface area contributed by atoms with Crippen molar-refractivity contribution in [1.29, 1.82) is 0 Å². The van der Waals surface area contributed by atoms with Crippen LogP contribution in [0.4, 0.5) is 0 Å². The number of nitrogens with zero attached hydrogens (tertiary/aromatic N) is 1. The third-order valence-corrected chi connectivity index (χ3v) is 6.00. The minimum Gasteiger partial charge on any atom is -0.329 e. The Morgan fingerprint density at radius 1 is 1.16 bits per heavy atom. The van der Waals surface area contributed by atoms with E-state index in [1.54, 1.807) is 0 Å². The van der Waals surface area contributed by atoms with Gasteiger partial charge in [0.2, 0.25) is 0 Å². The smallest absolute Gasteiger partial charge is 0.0331 e. The summed E-state index contributed by atoms with van der Waals surface area (Å²) in [5.41, 5.74) is 6.54. The lowest BCUT2D eigenvalue weighted by Gasteiger charge is -2.48. The molecule has 112 valence electrons. The molecule has 0 heterocycles. The predicted molar refractivity (Wildman–Crippen MR) is 83.2 cm³/mol. The third-order valence-electron chi connectivity index (χ3n) is 6.00. The standard InChI is InChI=1S/C17H34N2/c1-14(2)16-9-6-10-17(11-16,13-18)19(3)12-15-7-4-5-8-15/h14-16H,4-13,18H2,1-3H3. The average Bonchev–Trinajstić information content (AvgIpc) is 2.91. The fourth-order valence-corrected chi connectivity index (χ4v) is 4.42. The molecule has 2 N–H and O–H groups in total. The van der Waals surface area contributed by atoms with Gasteiger partial charge >= 0.3 is 0 Å². The van der Waals surface area contributed by atoms with E-state index in [2.05, 4.69) is 25.8 Å². The predicted octanol–water partition coefficient (Wildman–Crippen LogP) is 3.65. The van der Waals surface area contributed by atoms with Crippen LogP contribution in [0.1, 0.15) is 65.2 Å². The first kappa shape index (κ1) is 15.3. The van der Waals surface area contributed by atoms with Gasteiger partial charge < -0.3 is 5.73 Å². The van der Waals surface area contributed by atoms with Crippen molar-refractivity contribution in [3.63, 3.8) is 0 Å². The van der Waals surface area contributed by atoms with E-state index in [-0.39, 0.29) is 0 Å². The van der Waals surface area contributed by atoms with Crippen LogP contribution in [-0.4, -0.2) is 30.6 Å². The van der Waals surface area contributed by atoms with Gasteiger partial charge in [0.05, 0.1) is 0 Å². The Morgan fingerprint density at radius 2 is 1.84 bits per heavy atom. The maximum Gasteiger partial charge on any atom is 0.0331 e.